The molecule has 1 atom stereocenters. The van der Waals surface area contributed by atoms with Crippen molar-refractivity contribution in [2.45, 2.75) is 26.9 Å². The summed E-state index contributed by atoms with van der Waals surface area (Å²) in [6.07, 6.45) is -0.468. The van der Waals surface area contributed by atoms with E-state index in [0.717, 1.165) is 15.7 Å². The predicted octanol–water partition coefficient (Wildman–Crippen LogP) is 4.89. The lowest BCUT2D eigenvalue weighted by atomic mass is 10.1. The molecule has 20 heavy (non-hydrogen) atoms. The molecule has 0 aromatic heterocycles. The van der Waals surface area contributed by atoms with Gasteiger partial charge in [0.2, 0.25) is 0 Å². The zero-order chi connectivity index (χ0) is 14.9. The van der Waals surface area contributed by atoms with E-state index in [0.29, 0.717) is 0 Å². The van der Waals surface area contributed by atoms with Gasteiger partial charge >= 0.3 is 0 Å². The van der Waals surface area contributed by atoms with Crippen LogP contribution in [0, 0.1) is 13.8 Å². The first-order valence-corrected chi connectivity index (χ1v) is 7.47. The highest BCUT2D eigenvalue weighted by Gasteiger charge is 2.10. The first-order valence-electron chi connectivity index (χ1n) is 6.68. The lowest BCUT2D eigenvalue weighted by Crippen LogP contribution is -2.10. The molecule has 2 rings (SSSR count). The number of aliphatic hydroxyl groups excluding tert-OH is 1. The number of aryl methyl sites for hydroxylation is 2. The standard InChI is InChI=1S/C17H20BrNO/c1-11-7-12(2)9-15(8-11)19(4)14-5-6-16(13(3)20)17(18)10-14/h5-10,13,20H,1-4H3/t13-/m0/s1. The first-order chi connectivity index (χ1) is 9.38. The highest BCUT2D eigenvalue weighted by atomic mass is 79.9. The summed E-state index contributed by atoms with van der Waals surface area (Å²) < 4.78 is 0.932. The van der Waals surface area contributed by atoms with Gasteiger partial charge < -0.3 is 10.0 Å². The molecule has 0 aliphatic carbocycles. The minimum absolute atomic E-state index is 0.468. The van der Waals surface area contributed by atoms with E-state index in [4.69, 9.17) is 0 Å². The van der Waals surface area contributed by atoms with Crippen molar-refractivity contribution in [3.05, 3.63) is 57.6 Å². The number of halogens is 1. The van der Waals surface area contributed by atoms with E-state index < -0.39 is 6.10 Å². The van der Waals surface area contributed by atoms with E-state index in [9.17, 15) is 5.11 Å². The van der Waals surface area contributed by atoms with Gasteiger partial charge in [0.25, 0.3) is 0 Å². The highest BCUT2D eigenvalue weighted by Crippen LogP contribution is 2.31. The van der Waals surface area contributed by atoms with Crippen LogP contribution in [0.2, 0.25) is 0 Å². The van der Waals surface area contributed by atoms with Crippen molar-refractivity contribution in [2.24, 2.45) is 0 Å². The fourth-order valence-electron chi connectivity index (χ4n) is 2.36. The van der Waals surface area contributed by atoms with E-state index in [1.54, 1.807) is 6.92 Å². The zero-order valence-corrected chi connectivity index (χ0v) is 13.9. The number of nitrogens with zero attached hydrogens (tertiary/aromatic N) is 1. The molecular weight excluding hydrogens is 314 g/mol. The van der Waals surface area contributed by atoms with Gasteiger partial charge in [0.05, 0.1) is 6.10 Å². The first kappa shape index (κ1) is 15.1. The van der Waals surface area contributed by atoms with Crippen molar-refractivity contribution in [3.8, 4) is 0 Å². The quantitative estimate of drug-likeness (QED) is 0.864. The smallest absolute Gasteiger partial charge is 0.0772 e. The van der Waals surface area contributed by atoms with E-state index in [-0.39, 0.29) is 0 Å². The summed E-state index contributed by atoms with van der Waals surface area (Å²) in [5, 5.41) is 9.68. The SMILES string of the molecule is Cc1cc(C)cc(N(C)c2ccc([C@H](C)O)c(Br)c2)c1. The second-order valence-corrected chi connectivity index (χ2v) is 6.14. The Morgan fingerprint density at radius 3 is 2.10 bits per heavy atom. The molecule has 2 aromatic carbocycles. The Morgan fingerprint density at radius 1 is 1.00 bits per heavy atom. The maximum absolute atomic E-state index is 9.68. The highest BCUT2D eigenvalue weighted by molar-refractivity contribution is 9.10. The second kappa shape index (κ2) is 5.98. The second-order valence-electron chi connectivity index (χ2n) is 5.29. The van der Waals surface area contributed by atoms with E-state index >= 15 is 0 Å². The molecule has 0 amide bonds. The van der Waals surface area contributed by atoms with Gasteiger partial charge in [0.15, 0.2) is 0 Å². The predicted molar refractivity (Wildman–Crippen MR) is 88.8 cm³/mol. The molecular formula is C17H20BrNO. The Labute approximate surface area is 129 Å². The van der Waals surface area contributed by atoms with Crippen molar-refractivity contribution >= 4 is 27.3 Å². The van der Waals surface area contributed by atoms with Crippen LogP contribution in [0.25, 0.3) is 0 Å². The molecule has 2 aromatic rings. The lowest BCUT2D eigenvalue weighted by Gasteiger charge is -2.22. The fraction of sp³-hybridized carbons (Fsp3) is 0.294. The van der Waals surface area contributed by atoms with Crippen molar-refractivity contribution in [1.82, 2.24) is 0 Å². The third-order valence-electron chi connectivity index (χ3n) is 3.42. The molecule has 2 nitrogen and oxygen atoms in total. The normalized spacial score (nSPS) is 12.3. The van der Waals surface area contributed by atoms with Crippen LogP contribution >= 0.6 is 15.9 Å². The van der Waals surface area contributed by atoms with Crippen LogP contribution < -0.4 is 4.90 Å². The molecule has 0 radical (unpaired) electrons. The molecule has 0 heterocycles. The minimum Gasteiger partial charge on any atom is -0.389 e. The van der Waals surface area contributed by atoms with Gasteiger partial charge in [-0.3, -0.25) is 0 Å². The van der Waals surface area contributed by atoms with Gasteiger partial charge in [-0.2, -0.15) is 0 Å². The Morgan fingerprint density at radius 2 is 1.60 bits per heavy atom. The van der Waals surface area contributed by atoms with Gasteiger partial charge in [-0.25, -0.2) is 0 Å². The molecule has 1 N–H and O–H groups in total. The topological polar surface area (TPSA) is 23.5 Å². The summed E-state index contributed by atoms with van der Waals surface area (Å²) >= 11 is 3.53. The Balaban J connectivity index is 2.38. The minimum atomic E-state index is -0.468. The molecule has 0 aliphatic rings. The monoisotopic (exact) mass is 333 g/mol. The maximum Gasteiger partial charge on any atom is 0.0772 e. The number of hydrogen-bond donors (Lipinski definition) is 1. The maximum atomic E-state index is 9.68. The number of anilines is 2. The van der Waals surface area contributed by atoms with Gasteiger partial charge in [-0.05, 0) is 61.7 Å². The number of aliphatic hydroxyl groups is 1. The molecule has 0 saturated heterocycles. The van der Waals surface area contributed by atoms with Crippen molar-refractivity contribution in [1.29, 1.82) is 0 Å². The molecule has 0 spiro atoms. The zero-order valence-electron chi connectivity index (χ0n) is 12.3. The molecule has 0 bridgehead atoms. The Hall–Kier alpha value is -1.32. The van der Waals surface area contributed by atoms with Crippen LogP contribution in [-0.2, 0) is 0 Å². The van der Waals surface area contributed by atoms with Crippen LogP contribution in [-0.4, -0.2) is 12.2 Å². The van der Waals surface area contributed by atoms with Crippen LogP contribution in [0.3, 0.4) is 0 Å². The average Bonchev–Trinajstić information content (AvgIpc) is 2.36. The largest absolute Gasteiger partial charge is 0.389 e. The summed E-state index contributed by atoms with van der Waals surface area (Å²) in [6.45, 7) is 5.99. The molecule has 3 heteroatoms. The molecule has 0 unspecified atom stereocenters. The number of rotatable bonds is 3. The van der Waals surface area contributed by atoms with E-state index in [2.05, 4.69) is 59.9 Å². The van der Waals surface area contributed by atoms with Crippen LogP contribution in [0.1, 0.15) is 29.7 Å². The van der Waals surface area contributed by atoms with Crippen molar-refractivity contribution < 1.29 is 5.11 Å². The Kier molecular flexibility index (Phi) is 4.51. The van der Waals surface area contributed by atoms with Crippen molar-refractivity contribution in [2.75, 3.05) is 11.9 Å². The van der Waals surface area contributed by atoms with Gasteiger partial charge in [0, 0.05) is 22.9 Å². The number of benzene rings is 2. The average molecular weight is 334 g/mol. The van der Waals surface area contributed by atoms with Gasteiger partial charge in [-0.1, -0.05) is 28.1 Å². The van der Waals surface area contributed by atoms with Crippen LogP contribution in [0.4, 0.5) is 11.4 Å². The molecule has 0 saturated carbocycles. The van der Waals surface area contributed by atoms with E-state index in [1.807, 2.05) is 18.2 Å². The summed E-state index contributed by atoms with van der Waals surface area (Å²) in [5.74, 6) is 0. The summed E-state index contributed by atoms with van der Waals surface area (Å²) in [4.78, 5) is 2.15. The summed E-state index contributed by atoms with van der Waals surface area (Å²) in [5.41, 5.74) is 5.67. The summed E-state index contributed by atoms with van der Waals surface area (Å²) in [7, 11) is 2.05. The van der Waals surface area contributed by atoms with Gasteiger partial charge in [0.1, 0.15) is 0 Å². The molecule has 0 aliphatic heterocycles. The molecule has 0 fully saturated rings. The van der Waals surface area contributed by atoms with Crippen LogP contribution in [0.5, 0.6) is 0 Å². The van der Waals surface area contributed by atoms with Gasteiger partial charge in [-0.15, -0.1) is 0 Å². The third kappa shape index (κ3) is 3.22. The third-order valence-corrected chi connectivity index (χ3v) is 4.10. The number of hydrogen-bond acceptors (Lipinski definition) is 2. The van der Waals surface area contributed by atoms with Crippen molar-refractivity contribution in [3.63, 3.8) is 0 Å². The summed E-state index contributed by atoms with van der Waals surface area (Å²) in [6, 6.07) is 12.5. The fourth-order valence-corrected chi connectivity index (χ4v) is 3.05. The Bertz CT molecular complexity index is 602. The lowest BCUT2D eigenvalue weighted by molar-refractivity contribution is 0.198. The van der Waals surface area contributed by atoms with E-state index in [1.165, 1.54) is 16.8 Å². The molecule has 106 valence electrons. The van der Waals surface area contributed by atoms with Crippen LogP contribution in [0.15, 0.2) is 40.9 Å².